The molecule has 0 aromatic heterocycles. The third-order valence-corrected chi connectivity index (χ3v) is 1.01. The van der Waals surface area contributed by atoms with Gasteiger partial charge >= 0.3 is 0 Å². The lowest BCUT2D eigenvalue weighted by atomic mass is 10.2. The average molecular weight is 162 g/mol. The van der Waals surface area contributed by atoms with E-state index in [9.17, 15) is 4.79 Å². The summed E-state index contributed by atoms with van der Waals surface area (Å²) in [6.45, 7) is 0.485. The average Bonchev–Trinajstić information content (AvgIpc) is 1.90. The van der Waals surface area contributed by atoms with E-state index in [2.05, 4.69) is 10.3 Å². The second-order valence-corrected chi connectivity index (χ2v) is 1.68. The summed E-state index contributed by atoms with van der Waals surface area (Å²) < 4.78 is 0. The molecule has 0 atom stereocenters. The summed E-state index contributed by atoms with van der Waals surface area (Å²) in [6, 6.07) is 0. The summed E-state index contributed by atoms with van der Waals surface area (Å²) in [5, 5.41) is 2.76. The Labute approximate surface area is 64.6 Å². The molecule has 0 fully saturated rings. The zero-order valence-corrected chi connectivity index (χ0v) is 6.02. The van der Waals surface area contributed by atoms with Crippen LogP contribution in [0.1, 0.15) is 0 Å². The van der Waals surface area contributed by atoms with E-state index in [0.29, 0.717) is 12.1 Å². The van der Waals surface area contributed by atoms with Gasteiger partial charge in [-0.1, -0.05) is 0 Å². The molecular formula is C5H8ClN3O. The zero-order valence-electron chi connectivity index (χ0n) is 5.20. The predicted molar refractivity (Wildman–Crippen MR) is 41.0 cm³/mol. The SMILES string of the molecule is Cl.NC(=O)C1=CN=CNC1. The third kappa shape index (κ3) is 2.06. The van der Waals surface area contributed by atoms with Crippen molar-refractivity contribution in [2.45, 2.75) is 0 Å². The van der Waals surface area contributed by atoms with Crippen molar-refractivity contribution in [3.8, 4) is 0 Å². The maximum absolute atomic E-state index is 10.4. The van der Waals surface area contributed by atoms with E-state index < -0.39 is 5.91 Å². The van der Waals surface area contributed by atoms with Crippen molar-refractivity contribution in [1.29, 1.82) is 0 Å². The molecule has 5 heteroatoms. The Hall–Kier alpha value is -1.03. The molecule has 4 nitrogen and oxygen atoms in total. The first-order chi connectivity index (χ1) is 4.30. The molecule has 0 unspecified atom stereocenters. The van der Waals surface area contributed by atoms with E-state index in [1.54, 1.807) is 0 Å². The van der Waals surface area contributed by atoms with Crippen molar-refractivity contribution in [2.24, 2.45) is 10.7 Å². The fraction of sp³-hybridized carbons (Fsp3) is 0.200. The Morgan fingerprint density at radius 2 is 2.50 bits per heavy atom. The van der Waals surface area contributed by atoms with Crippen molar-refractivity contribution in [3.63, 3.8) is 0 Å². The van der Waals surface area contributed by atoms with Crippen LogP contribution in [0.2, 0.25) is 0 Å². The van der Waals surface area contributed by atoms with Crippen LogP contribution in [0.15, 0.2) is 16.8 Å². The minimum absolute atomic E-state index is 0. The lowest BCUT2D eigenvalue weighted by Crippen LogP contribution is -2.26. The molecule has 10 heavy (non-hydrogen) atoms. The number of hydrogen-bond acceptors (Lipinski definition) is 3. The van der Waals surface area contributed by atoms with Crippen molar-refractivity contribution in [2.75, 3.05) is 6.54 Å². The van der Waals surface area contributed by atoms with Gasteiger partial charge in [-0.25, -0.2) is 4.99 Å². The number of amides is 1. The molecule has 1 rings (SSSR count). The number of hydrogen-bond donors (Lipinski definition) is 2. The lowest BCUT2D eigenvalue weighted by molar-refractivity contribution is -0.114. The second kappa shape index (κ2) is 3.90. The number of nitrogens with zero attached hydrogens (tertiary/aromatic N) is 1. The van der Waals surface area contributed by atoms with Crippen LogP contribution in [0.5, 0.6) is 0 Å². The molecule has 0 aromatic rings. The van der Waals surface area contributed by atoms with Gasteiger partial charge in [0.2, 0.25) is 5.91 Å². The van der Waals surface area contributed by atoms with Gasteiger partial charge in [-0.15, -0.1) is 12.4 Å². The van der Waals surface area contributed by atoms with Crippen molar-refractivity contribution in [3.05, 3.63) is 11.8 Å². The van der Waals surface area contributed by atoms with E-state index in [1.165, 1.54) is 12.5 Å². The van der Waals surface area contributed by atoms with E-state index in [-0.39, 0.29) is 12.4 Å². The molecule has 56 valence electrons. The van der Waals surface area contributed by atoms with Crippen LogP contribution in [0, 0.1) is 0 Å². The van der Waals surface area contributed by atoms with Gasteiger partial charge in [-0.05, 0) is 0 Å². The van der Waals surface area contributed by atoms with Crippen LogP contribution in [0.4, 0.5) is 0 Å². The number of carbonyl (C=O) groups excluding carboxylic acids is 1. The van der Waals surface area contributed by atoms with Crippen LogP contribution < -0.4 is 11.1 Å². The predicted octanol–water partition coefficient (Wildman–Crippen LogP) is -0.591. The van der Waals surface area contributed by atoms with Crippen LogP contribution in [0.25, 0.3) is 0 Å². The number of carbonyl (C=O) groups is 1. The number of primary amides is 1. The maximum atomic E-state index is 10.4. The molecule has 0 spiro atoms. The molecule has 0 bridgehead atoms. The standard InChI is InChI=1S/C5H7N3O.ClH/c6-5(9)4-1-7-3-8-2-4;/h1,3H,2H2,(H2,6,9)(H,7,8);1H. The Kier molecular flexibility index (Phi) is 3.49. The first-order valence-corrected chi connectivity index (χ1v) is 2.54. The summed E-state index contributed by atoms with van der Waals surface area (Å²) in [5.41, 5.74) is 5.46. The molecule has 1 amide bonds. The fourth-order valence-corrected chi connectivity index (χ4v) is 0.532. The van der Waals surface area contributed by atoms with Crippen LogP contribution in [-0.2, 0) is 4.79 Å². The van der Waals surface area contributed by atoms with Gasteiger partial charge in [-0.2, -0.15) is 0 Å². The fourth-order valence-electron chi connectivity index (χ4n) is 0.532. The maximum Gasteiger partial charge on any atom is 0.247 e. The van der Waals surface area contributed by atoms with Gasteiger partial charge in [0.15, 0.2) is 0 Å². The van der Waals surface area contributed by atoms with Crippen LogP contribution >= 0.6 is 12.4 Å². The molecule has 0 radical (unpaired) electrons. The highest BCUT2D eigenvalue weighted by Gasteiger charge is 2.04. The molecule has 0 saturated heterocycles. The van der Waals surface area contributed by atoms with Crippen LogP contribution in [0.3, 0.4) is 0 Å². The number of nitrogens with two attached hydrogens (primary N) is 1. The van der Waals surface area contributed by atoms with E-state index >= 15 is 0 Å². The smallest absolute Gasteiger partial charge is 0.247 e. The Morgan fingerprint density at radius 1 is 1.80 bits per heavy atom. The minimum atomic E-state index is -0.417. The normalized spacial score (nSPS) is 14.6. The van der Waals surface area contributed by atoms with Gasteiger partial charge in [-0.3, -0.25) is 4.79 Å². The van der Waals surface area contributed by atoms with Crippen LogP contribution in [-0.4, -0.2) is 18.8 Å². The molecule has 1 aliphatic rings. The summed E-state index contributed by atoms with van der Waals surface area (Å²) in [6.07, 6.45) is 2.98. The number of nitrogens with one attached hydrogen (secondary N) is 1. The first kappa shape index (κ1) is 8.97. The van der Waals surface area contributed by atoms with Crippen molar-refractivity contribution in [1.82, 2.24) is 5.32 Å². The summed E-state index contributed by atoms with van der Waals surface area (Å²) >= 11 is 0. The van der Waals surface area contributed by atoms with E-state index in [1.807, 2.05) is 0 Å². The second-order valence-electron chi connectivity index (χ2n) is 1.68. The highest BCUT2D eigenvalue weighted by molar-refractivity contribution is 5.93. The number of aliphatic imine (C=N–C) groups is 1. The molecule has 0 saturated carbocycles. The third-order valence-electron chi connectivity index (χ3n) is 1.01. The van der Waals surface area contributed by atoms with Gasteiger partial charge in [0, 0.05) is 12.7 Å². The Bertz CT molecular complexity index is 187. The molecule has 0 aliphatic carbocycles. The van der Waals surface area contributed by atoms with Gasteiger partial charge in [0.25, 0.3) is 0 Å². The molecule has 1 heterocycles. The quantitative estimate of drug-likeness (QED) is 0.540. The first-order valence-electron chi connectivity index (χ1n) is 2.54. The zero-order chi connectivity index (χ0) is 6.69. The van der Waals surface area contributed by atoms with E-state index in [4.69, 9.17) is 5.73 Å². The van der Waals surface area contributed by atoms with Gasteiger partial charge in [0.05, 0.1) is 11.9 Å². The summed E-state index contributed by atoms with van der Waals surface area (Å²) in [7, 11) is 0. The summed E-state index contributed by atoms with van der Waals surface area (Å²) in [4.78, 5) is 14.1. The molecule has 0 aromatic carbocycles. The number of rotatable bonds is 1. The minimum Gasteiger partial charge on any atom is -0.372 e. The number of halogens is 1. The largest absolute Gasteiger partial charge is 0.372 e. The molecule has 1 aliphatic heterocycles. The molecular weight excluding hydrogens is 154 g/mol. The molecule has 3 N–H and O–H groups in total. The van der Waals surface area contributed by atoms with Crippen molar-refractivity contribution < 1.29 is 4.79 Å². The van der Waals surface area contributed by atoms with Gasteiger partial charge < -0.3 is 11.1 Å². The Balaban J connectivity index is 0.000000810. The van der Waals surface area contributed by atoms with Gasteiger partial charge in [0.1, 0.15) is 0 Å². The van der Waals surface area contributed by atoms with Crippen molar-refractivity contribution >= 4 is 24.7 Å². The highest BCUT2D eigenvalue weighted by Crippen LogP contribution is 1.93. The Morgan fingerprint density at radius 3 is 2.80 bits per heavy atom. The lowest BCUT2D eigenvalue weighted by Gasteiger charge is -2.04. The highest BCUT2D eigenvalue weighted by atomic mass is 35.5. The monoisotopic (exact) mass is 161 g/mol. The summed E-state index contributed by atoms with van der Waals surface area (Å²) in [5.74, 6) is -0.417. The topological polar surface area (TPSA) is 67.5 Å². The van der Waals surface area contributed by atoms with E-state index in [0.717, 1.165) is 0 Å².